The molecular weight excluding hydrogens is 208 g/mol. The minimum absolute atomic E-state index is 0. The number of hydrogen-bond acceptors (Lipinski definition) is 2. The van der Waals surface area contributed by atoms with Gasteiger partial charge in [-0.2, -0.15) is 0 Å². The maximum atomic E-state index is 5.27. The predicted octanol–water partition coefficient (Wildman–Crippen LogP) is 1.50. The van der Waals surface area contributed by atoms with Crippen LogP contribution < -0.4 is 0 Å². The topological polar surface area (TPSA) is 18.5 Å². The first-order valence-corrected chi connectivity index (χ1v) is 5.66. The fourth-order valence-corrected chi connectivity index (χ4v) is 2.02. The summed E-state index contributed by atoms with van der Waals surface area (Å²) >= 11 is 0.142. The molecule has 58 valence electrons. The van der Waals surface area contributed by atoms with Gasteiger partial charge >= 0.3 is 20.4 Å². The van der Waals surface area contributed by atoms with Crippen molar-refractivity contribution in [1.82, 2.24) is 0 Å². The van der Waals surface area contributed by atoms with Crippen LogP contribution in [0.5, 0.6) is 0 Å². The molecule has 1 rings (SSSR count). The highest BCUT2D eigenvalue weighted by atomic mass is 79.9. The highest BCUT2D eigenvalue weighted by molar-refractivity contribution is 8.93. The molecule has 0 N–H and O–H groups in total. The van der Waals surface area contributed by atoms with Crippen molar-refractivity contribution in [3.05, 3.63) is 0 Å². The van der Waals surface area contributed by atoms with Crippen LogP contribution in [-0.2, 0) is 9.47 Å². The fourth-order valence-electron chi connectivity index (χ4n) is 0.945. The molecule has 0 unspecified atom stereocenters. The van der Waals surface area contributed by atoms with Crippen molar-refractivity contribution in [3.63, 3.8) is 0 Å². The van der Waals surface area contributed by atoms with E-state index in [-0.39, 0.29) is 43.6 Å². The highest BCUT2D eigenvalue weighted by Crippen LogP contribution is 2.07. The Morgan fingerprint density at radius 3 is 2.50 bits per heavy atom. The largest absolute Gasteiger partial charge is 0.371 e. The molecular formula is C6H13BrMgO2. The Morgan fingerprint density at radius 2 is 2.00 bits per heavy atom. The molecule has 0 bridgehead atoms. The molecule has 1 aliphatic rings. The van der Waals surface area contributed by atoms with E-state index in [1.54, 1.807) is 0 Å². The van der Waals surface area contributed by atoms with Crippen LogP contribution in [0.1, 0.15) is 6.92 Å². The van der Waals surface area contributed by atoms with Crippen molar-refractivity contribution in [1.29, 1.82) is 0 Å². The van der Waals surface area contributed by atoms with E-state index < -0.39 is 0 Å². The molecule has 1 aliphatic heterocycles. The first kappa shape index (κ1) is 11.2. The Morgan fingerprint density at radius 1 is 1.40 bits per heavy atom. The van der Waals surface area contributed by atoms with Crippen LogP contribution in [0.4, 0.5) is 0 Å². The maximum absolute atomic E-state index is 5.27. The van der Waals surface area contributed by atoms with Gasteiger partial charge in [0.25, 0.3) is 0 Å². The van der Waals surface area contributed by atoms with Gasteiger partial charge < -0.3 is 9.47 Å². The monoisotopic (exact) mass is 220 g/mol. The van der Waals surface area contributed by atoms with Gasteiger partial charge in [0.1, 0.15) is 6.29 Å². The summed E-state index contributed by atoms with van der Waals surface area (Å²) in [5.74, 6) is 0. The molecule has 0 aromatic rings. The van der Waals surface area contributed by atoms with Crippen molar-refractivity contribution in [2.24, 2.45) is 0 Å². The van der Waals surface area contributed by atoms with Gasteiger partial charge in [0.15, 0.2) is 0 Å². The van der Waals surface area contributed by atoms with E-state index in [2.05, 4.69) is 6.92 Å². The first-order chi connectivity index (χ1) is 4.43. The van der Waals surface area contributed by atoms with Crippen molar-refractivity contribution in [2.45, 2.75) is 22.3 Å². The molecule has 0 aromatic heterocycles. The standard InChI is InChI=1S/C4H7O2.C2H5.BrH.Mg/c1-4-5-2-3-6-4;1-2;;/h4H,1-3H2;1H2,2H3;1H;. The molecule has 1 fully saturated rings. The highest BCUT2D eigenvalue weighted by Gasteiger charge is 2.14. The molecule has 0 saturated carbocycles. The van der Waals surface area contributed by atoms with Crippen LogP contribution in [-0.4, -0.2) is 39.9 Å². The summed E-state index contributed by atoms with van der Waals surface area (Å²) in [6, 6.07) is 0. The second kappa shape index (κ2) is 6.85. The average molecular weight is 221 g/mol. The van der Waals surface area contributed by atoms with Gasteiger partial charge in [-0.05, 0) is 0 Å². The van der Waals surface area contributed by atoms with Gasteiger partial charge in [0.05, 0.1) is 13.2 Å². The lowest BCUT2D eigenvalue weighted by Crippen LogP contribution is -2.09. The minimum Gasteiger partial charge on any atom is -0.353 e. The van der Waals surface area contributed by atoms with Crippen LogP contribution in [0.25, 0.3) is 0 Å². The Bertz CT molecular complexity index is 76.1. The summed E-state index contributed by atoms with van der Waals surface area (Å²) in [6.45, 7) is 3.85. The third-order valence-electron chi connectivity index (χ3n) is 1.48. The van der Waals surface area contributed by atoms with E-state index in [0.717, 1.165) is 13.2 Å². The summed E-state index contributed by atoms with van der Waals surface area (Å²) in [7, 11) is 0. The van der Waals surface area contributed by atoms with Crippen LogP contribution in [0.3, 0.4) is 0 Å². The van der Waals surface area contributed by atoms with Crippen molar-refractivity contribution >= 4 is 37.3 Å². The van der Waals surface area contributed by atoms with Gasteiger partial charge in [0.2, 0.25) is 0 Å². The fraction of sp³-hybridized carbons (Fsp3) is 1.00. The van der Waals surface area contributed by atoms with Crippen LogP contribution in [0.2, 0.25) is 9.10 Å². The normalized spacial score (nSPS) is 18.1. The Balaban J connectivity index is 0.000000810. The first-order valence-electron chi connectivity index (χ1n) is 3.66. The van der Waals surface area contributed by atoms with Gasteiger partial charge in [0, 0.05) is 0 Å². The lowest BCUT2D eigenvalue weighted by Gasteiger charge is -2.05. The van der Waals surface area contributed by atoms with E-state index in [1.807, 2.05) is 0 Å². The SMILES string of the molecule is Br.C[CH2][Mg][CH2]C1OCCO1. The zero-order chi connectivity index (χ0) is 6.53. The predicted molar refractivity (Wildman–Crippen MR) is 47.1 cm³/mol. The van der Waals surface area contributed by atoms with Crippen LogP contribution in [0.15, 0.2) is 0 Å². The maximum Gasteiger partial charge on any atom is 0.371 e. The van der Waals surface area contributed by atoms with Crippen molar-refractivity contribution in [2.75, 3.05) is 13.2 Å². The Labute approximate surface area is 82.1 Å². The van der Waals surface area contributed by atoms with E-state index in [4.69, 9.17) is 9.47 Å². The smallest absolute Gasteiger partial charge is 0.353 e. The van der Waals surface area contributed by atoms with Gasteiger partial charge in [-0.3, -0.25) is 0 Å². The zero-order valence-corrected chi connectivity index (χ0v) is 9.46. The Kier molecular flexibility index (Phi) is 7.65. The molecule has 0 aliphatic carbocycles. The quantitative estimate of drug-likeness (QED) is 0.672. The summed E-state index contributed by atoms with van der Waals surface area (Å²) in [5.41, 5.74) is 0. The third-order valence-corrected chi connectivity index (χ3v) is 3.07. The summed E-state index contributed by atoms with van der Waals surface area (Å²) < 4.78 is 13.1. The molecule has 4 heteroatoms. The summed E-state index contributed by atoms with van der Waals surface area (Å²) in [6.07, 6.45) is 0.177. The van der Waals surface area contributed by atoms with Crippen LogP contribution >= 0.6 is 17.0 Å². The number of rotatable bonds is 3. The van der Waals surface area contributed by atoms with E-state index >= 15 is 0 Å². The molecule has 0 spiro atoms. The number of halogens is 1. The molecule has 2 nitrogen and oxygen atoms in total. The summed E-state index contributed by atoms with van der Waals surface area (Å²) in [4.78, 5) is 0. The van der Waals surface area contributed by atoms with Gasteiger partial charge in [-0.15, -0.1) is 21.5 Å². The lowest BCUT2D eigenvalue weighted by atomic mass is 10.7. The van der Waals surface area contributed by atoms with Crippen molar-refractivity contribution < 1.29 is 9.47 Å². The van der Waals surface area contributed by atoms with Gasteiger partial charge in [-0.25, -0.2) is 0 Å². The molecule has 0 amide bonds. The molecule has 0 atom stereocenters. The zero-order valence-electron chi connectivity index (χ0n) is 6.34. The molecule has 0 aromatic carbocycles. The molecule has 1 heterocycles. The molecule has 10 heavy (non-hydrogen) atoms. The van der Waals surface area contributed by atoms with Crippen molar-refractivity contribution in [3.8, 4) is 0 Å². The van der Waals surface area contributed by atoms with Crippen LogP contribution in [0, 0.1) is 0 Å². The van der Waals surface area contributed by atoms with Gasteiger partial charge in [-0.1, -0.05) is 11.5 Å². The average Bonchev–Trinajstić information content (AvgIpc) is 2.34. The second-order valence-electron chi connectivity index (χ2n) is 2.31. The Hall–Kier alpha value is 1.17. The van der Waals surface area contributed by atoms with E-state index in [9.17, 15) is 0 Å². The van der Waals surface area contributed by atoms with E-state index in [1.165, 1.54) is 9.10 Å². The molecule has 1 saturated heterocycles. The number of hydrogen-bond donors (Lipinski definition) is 0. The number of ether oxygens (including phenoxy) is 2. The second-order valence-corrected chi connectivity index (χ2v) is 4.60. The van der Waals surface area contributed by atoms with E-state index in [0.29, 0.717) is 0 Å². The lowest BCUT2D eigenvalue weighted by molar-refractivity contribution is -0.0253. The third kappa shape index (κ3) is 4.13. The molecule has 0 radical (unpaired) electrons. The minimum atomic E-state index is 0. The summed E-state index contributed by atoms with van der Waals surface area (Å²) in [5, 5.41) is 0.